The molecule has 82 valence electrons. The van der Waals surface area contributed by atoms with Gasteiger partial charge in [-0.3, -0.25) is 0 Å². The topological polar surface area (TPSA) is 33.0 Å². The Bertz CT molecular complexity index is 459. The number of aryl methyl sites for hydroxylation is 1. The molecule has 1 fully saturated rings. The van der Waals surface area contributed by atoms with Crippen LogP contribution >= 0.6 is 11.8 Å². The number of benzene rings is 1. The summed E-state index contributed by atoms with van der Waals surface area (Å²) in [5.41, 5.74) is 2.19. The van der Waals surface area contributed by atoms with Crippen LogP contribution in [-0.4, -0.2) is 19.0 Å². The molecule has 1 saturated heterocycles. The van der Waals surface area contributed by atoms with Gasteiger partial charge >= 0.3 is 0 Å². The van der Waals surface area contributed by atoms with Gasteiger partial charge in [0.25, 0.3) is 0 Å². The lowest BCUT2D eigenvalue weighted by molar-refractivity contribution is -0.0298. The minimum Gasteiger partial charge on any atom is -0.377 e. The Morgan fingerprint density at radius 1 is 1.38 bits per heavy atom. The molecule has 2 nitrogen and oxygen atoms in total. The van der Waals surface area contributed by atoms with Gasteiger partial charge in [-0.15, -0.1) is 11.8 Å². The Labute approximate surface area is 99.6 Å². The van der Waals surface area contributed by atoms with Crippen LogP contribution in [-0.2, 0) is 16.6 Å². The van der Waals surface area contributed by atoms with E-state index in [1.807, 2.05) is 11.8 Å². The minimum absolute atomic E-state index is 0.364. The van der Waals surface area contributed by atoms with Crippen molar-refractivity contribution < 1.29 is 4.74 Å². The number of nitrogens with zero attached hydrogens (tertiary/aromatic N) is 1. The lowest BCUT2D eigenvalue weighted by Crippen LogP contribution is -2.45. The van der Waals surface area contributed by atoms with E-state index in [1.165, 1.54) is 22.6 Å². The quantitative estimate of drug-likeness (QED) is 0.744. The van der Waals surface area contributed by atoms with Crippen molar-refractivity contribution in [1.82, 2.24) is 0 Å². The molecule has 3 heteroatoms. The predicted molar refractivity (Wildman–Crippen MR) is 63.6 cm³/mol. The lowest BCUT2D eigenvalue weighted by atomic mass is 9.79. The molecule has 1 aromatic rings. The molecule has 0 spiro atoms. The van der Waals surface area contributed by atoms with Crippen LogP contribution in [0.15, 0.2) is 23.1 Å². The average molecular weight is 231 g/mol. The highest BCUT2D eigenvalue weighted by Gasteiger charge is 2.41. The largest absolute Gasteiger partial charge is 0.377 e. The van der Waals surface area contributed by atoms with Crippen molar-refractivity contribution in [2.24, 2.45) is 0 Å². The first-order valence-electron chi connectivity index (χ1n) is 5.59. The van der Waals surface area contributed by atoms with Gasteiger partial charge in [0.1, 0.15) is 5.41 Å². The molecule has 0 aliphatic carbocycles. The van der Waals surface area contributed by atoms with Crippen LogP contribution in [0.25, 0.3) is 0 Å². The summed E-state index contributed by atoms with van der Waals surface area (Å²) < 4.78 is 5.20. The zero-order valence-electron chi connectivity index (χ0n) is 9.03. The molecule has 2 aliphatic heterocycles. The van der Waals surface area contributed by atoms with E-state index in [0.29, 0.717) is 13.2 Å². The van der Waals surface area contributed by atoms with Crippen LogP contribution < -0.4 is 0 Å². The van der Waals surface area contributed by atoms with Gasteiger partial charge in [0.2, 0.25) is 0 Å². The predicted octanol–water partition coefficient (Wildman–Crippen LogP) is 2.52. The number of nitriles is 1. The normalized spacial score (nSPS) is 21.7. The second kappa shape index (κ2) is 3.80. The van der Waals surface area contributed by atoms with Gasteiger partial charge in [-0.25, -0.2) is 0 Å². The smallest absolute Gasteiger partial charge is 0.129 e. The highest BCUT2D eigenvalue weighted by molar-refractivity contribution is 7.99. The third-order valence-corrected chi connectivity index (χ3v) is 4.57. The SMILES string of the molecule is N#CC1(c2ccc3c(c2)CCCS3)COC1. The summed E-state index contributed by atoms with van der Waals surface area (Å²) >= 11 is 1.93. The molecular weight excluding hydrogens is 218 g/mol. The van der Waals surface area contributed by atoms with Gasteiger partial charge in [0.15, 0.2) is 0 Å². The number of hydrogen-bond donors (Lipinski definition) is 0. The molecule has 0 atom stereocenters. The zero-order chi connectivity index (χ0) is 11.0. The molecule has 16 heavy (non-hydrogen) atoms. The van der Waals surface area contributed by atoms with E-state index in [4.69, 9.17) is 4.74 Å². The Hall–Kier alpha value is -0.980. The number of rotatable bonds is 1. The van der Waals surface area contributed by atoms with E-state index in [1.54, 1.807) is 0 Å². The molecule has 0 unspecified atom stereocenters. The molecule has 0 aromatic heterocycles. The van der Waals surface area contributed by atoms with Crippen LogP contribution in [0, 0.1) is 11.3 Å². The van der Waals surface area contributed by atoms with Crippen molar-refractivity contribution >= 4 is 11.8 Å². The van der Waals surface area contributed by atoms with Gasteiger partial charge < -0.3 is 4.74 Å². The van der Waals surface area contributed by atoms with Crippen LogP contribution in [0.5, 0.6) is 0 Å². The standard InChI is InChI=1S/C13H13NOS/c14-7-13(8-15-9-13)11-3-4-12-10(6-11)2-1-5-16-12/h3-4,6H,1-2,5,8-9H2. The molecule has 2 heterocycles. The molecule has 2 aliphatic rings. The summed E-state index contributed by atoms with van der Waals surface area (Å²) in [6.07, 6.45) is 2.40. The highest BCUT2D eigenvalue weighted by Crippen LogP contribution is 2.36. The van der Waals surface area contributed by atoms with E-state index in [2.05, 4.69) is 24.3 Å². The molecule has 3 rings (SSSR count). The van der Waals surface area contributed by atoms with Gasteiger partial charge in [-0.05, 0) is 35.8 Å². The molecule has 1 aromatic carbocycles. The van der Waals surface area contributed by atoms with Crippen molar-refractivity contribution in [3.8, 4) is 6.07 Å². The minimum atomic E-state index is -0.364. The summed E-state index contributed by atoms with van der Waals surface area (Å²) in [6, 6.07) is 8.89. The van der Waals surface area contributed by atoms with Crippen molar-refractivity contribution in [3.63, 3.8) is 0 Å². The van der Waals surface area contributed by atoms with Crippen molar-refractivity contribution in [1.29, 1.82) is 5.26 Å². The number of ether oxygens (including phenoxy) is 1. The molecule has 0 bridgehead atoms. The van der Waals surface area contributed by atoms with Crippen molar-refractivity contribution in [3.05, 3.63) is 29.3 Å². The van der Waals surface area contributed by atoms with E-state index in [9.17, 15) is 5.26 Å². The Morgan fingerprint density at radius 3 is 2.94 bits per heavy atom. The van der Waals surface area contributed by atoms with E-state index in [0.717, 1.165) is 12.0 Å². The third-order valence-electron chi connectivity index (χ3n) is 3.37. The van der Waals surface area contributed by atoms with Gasteiger partial charge in [0.05, 0.1) is 19.3 Å². The van der Waals surface area contributed by atoms with E-state index < -0.39 is 0 Å². The van der Waals surface area contributed by atoms with E-state index >= 15 is 0 Å². The number of hydrogen-bond acceptors (Lipinski definition) is 3. The first kappa shape index (κ1) is 10.2. The number of thioether (sulfide) groups is 1. The second-order valence-corrected chi connectivity index (χ2v) is 5.60. The maximum Gasteiger partial charge on any atom is 0.129 e. The van der Waals surface area contributed by atoms with Crippen molar-refractivity contribution in [2.45, 2.75) is 23.2 Å². The van der Waals surface area contributed by atoms with Gasteiger partial charge in [-0.1, -0.05) is 12.1 Å². The molecule has 0 saturated carbocycles. The lowest BCUT2D eigenvalue weighted by Gasteiger charge is -2.36. The summed E-state index contributed by atoms with van der Waals surface area (Å²) in [5.74, 6) is 1.22. The maximum absolute atomic E-state index is 9.26. The Morgan fingerprint density at radius 2 is 2.25 bits per heavy atom. The fourth-order valence-corrected chi connectivity index (χ4v) is 3.28. The van der Waals surface area contributed by atoms with Crippen LogP contribution in [0.3, 0.4) is 0 Å². The summed E-state index contributed by atoms with van der Waals surface area (Å²) in [4.78, 5) is 1.39. The molecule has 0 amide bonds. The van der Waals surface area contributed by atoms with Gasteiger partial charge in [0, 0.05) is 4.90 Å². The fraction of sp³-hybridized carbons (Fsp3) is 0.462. The molecule has 0 N–H and O–H groups in total. The summed E-state index contributed by atoms with van der Waals surface area (Å²) in [7, 11) is 0. The van der Waals surface area contributed by atoms with E-state index in [-0.39, 0.29) is 5.41 Å². The fourth-order valence-electron chi connectivity index (χ4n) is 2.26. The second-order valence-electron chi connectivity index (χ2n) is 4.46. The molecular formula is C13H13NOS. The van der Waals surface area contributed by atoms with Crippen LogP contribution in [0.2, 0.25) is 0 Å². The summed E-state index contributed by atoms with van der Waals surface area (Å²) in [6.45, 7) is 1.10. The van der Waals surface area contributed by atoms with Crippen molar-refractivity contribution in [2.75, 3.05) is 19.0 Å². The zero-order valence-corrected chi connectivity index (χ0v) is 9.85. The first-order chi connectivity index (χ1) is 7.84. The Balaban J connectivity index is 2.00. The van der Waals surface area contributed by atoms with Crippen LogP contribution in [0.1, 0.15) is 17.5 Å². The maximum atomic E-state index is 9.26. The average Bonchev–Trinajstić information content (AvgIpc) is 2.28. The summed E-state index contributed by atoms with van der Waals surface area (Å²) in [5, 5.41) is 9.26. The number of fused-ring (bicyclic) bond motifs is 1. The Kier molecular flexibility index (Phi) is 2.42. The first-order valence-corrected chi connectivity index (χ1v) is 6.58. The molecule has 0 radical (unpaired) electrons. The monoisotopic (exact) mass is 231 g/mol. The highest BCUT2D eigenvalue weighted by atomic mass is 32.2. The third kappa shape index (κ3) is 1.45. The van der Waals surface area contributed by atoms with Crippen LogP contribution in [0.4, 0.5) is 0 Å². The van der Waals surface area contributed by atoms with Gasteiger partial charge in [-0.2, -0.15) is 5.26 Å².